The zero-order valence-corrected chi connectivity index (χ0v) is 11.4. The summed E-state index contributed by atoms with van der Waals surface area (Å²) in [4.78, 5) is 16.1. The molecule has 0 saturated carbocycles. The van der Waals surface area contributed by atoms with Crippen LogP contribution in [0.2, 0.25) is 0 Å². The van der Waals surface area contributed by atoms with Crippen molar-refractivity contribution in [3.63, 3.8) is 0 Å². The van der Waals surface area contributed by atoms with Gasteiger partial charge >= 0.3 is 0 Å². The standard InChI is InChI=1S/C10H16BrN5O/c1-14-2-4-15(5-3-14)9(17)7-16-6-8(11)10(12)13-16/h6H,2-5,7H2,1H3,(H2,12,13). The van der Waals surface area contributed by atoms with E-state index < -0.39 is 0 Å². The second-order valence-corrected chi connectivity index (χ2v) is 5.10. The molecule has 0 atom stereocenters. The summed E-state index contributed by atoms with van der Waals surface area (Å²) in [5, 5.41) is 4.05. The second-order valence-electron chi connectivity index (χ2n) is 4.24. The summed E-state index contributed by atoms with van der Waals surface area (Å²) < 4.78 is 2.30. The smallest absolute Gasteiger partial charge is 0.244 e. The SMILES string of the molecule is CN1CCN(C(=O)Cn2cc(Br)c(N)n2)CC1. The van der Waals surface area contributed by atoms with Crippen LogP contribution in [-0.4, -0.2) is 58.7 Å². The third-order valence-corrected chi connectivity index (χ3v) is 3.51. The Morgan fingerprint density at radius 2 is 2.12 bits per heavy atom. The van der Waals surface area contributed by atoms with E-state index in [0.717, 1.165) is 30.7 Å². The lowest BCUT2D eigenvalue weighted by atomic mass is 10.3. The molecule has 1 aromatic heterocycles. The molecule has 0 aromatic carbocycles. The van der Waals surface area contributed by atoms with E-state index >= 15 is 0 Å². The molecule has 7 heteroatoms. The normalized spacial score (nSPS) is 17.4. The monoisotopic (exact) mass is 301 g/mol. The van der Waals surface area contributed by atoms with Crippen LogP contribution in [0.5, 0.6) is 0 Å². The maximum Gasteiger partial charge on any atom is 0.244 e. The van der Waals surface area contributed by atoms with Gasteiger partial charge in [0, 0.05) is 32.4 Å². The highest BCUT2D eigenvalue weighted by Gasteiger charge is 2.19. The summed E-state index contributed by atoms with van der Waals surface area (Å²) >= 11 is 3.27. The quantitative estimate of drug-likeness (QED) is 0.835. The predicted molar refractivity (Wildman–Crippen MR) is 68.4 cm³/mol. The van der Waals surface area contributed by atoms with Gasteiger partial charge in [-0.25, -0.2) is 0 Å². The van der Waals surface area contributed by atoms with Gasteiger partial charge in [-0.3, -0.25) is 9.48 Å². The predicted octanol–water partition coefficient (Wildman–Crippen LogP) is 0.00180. The van der Waals surface area contributed by atoms with Crippen LogP contribution in [0.4, 0.5) is 5.82 Å². The Bertz CT molecular complexity index is 391. The highest BCUT2D eigenvalue weighted by atomic mass is 79.9. The van der Waals surface area contributed by atoms with Crippen molar-refractivity contribution < 1.29 is 4.79 Å². The lowest BCUT2D eigenvalue weighted by molar-refractivity contribution is -0.133. The van der Waals surface area contributed by atoms with E-state index in [2.05, 4.69) is 33.0 Å². The molecule has 0 radical (unpaired) electrons. The number of rotatable bonds is 2. The van der Waals surface area contributed by atoms with Gasteiger partial charge in [0.15, 0.2) is 5.82 Å². The first-order chi connectivity index (χ1) is 8.06. The molecule has 2 heterocycles. The molecule has 17 heavy (non-hydrogen) atoms. The molecule has 1 aromatic rings. The summed E-state index contributed by atoms with van der Waals surface area (Å²) in [6.45, 7) is 3.67. The van der Waals surface area contributed by atoms with Gasteiger partial charge in [-0.15, -0.1) is 0 Å². The molecule has 6 nitrogen and oxygen atoms in total. The third-order valence-electron chi connectivity index (χ3n) is 2.90. The number of carbonyl (C=O) groups is 1. The van der Waals surface area contributed by atoms with E-state index in [4.69, 9.17) is 5.73 Å². The van der Waals surface area contributed by atoms with Crippen molar-refractivity contribution in [2.24, 2.45) is 0 Å². The molecule has 94 valence electrons. The highest BCUT2D eigenvalue weighted by molar-refractivity contribution is 9.10. The lowest BCUT2D eigenvalue weighted by Crippen LogP contribution is -2.48. The molecular formula is C10H16BrN5O. The van der Waals surface area contributed by atoms with E-state index in [1.807, 2.05) is 4.90 Å². The number of likely N-dealkylation sites (N-methyl/N-ethyl adjacent to an activating group) is 1. The summed E-state index contributed by atoms with van der Waals surface area (Å²) in [6, 6.07) is 0. The van der Waals surface area contributed by atoms with E-state index in [0.29, 0.717) is 5.82 Å². The fourth-order valence-electron chi connectivity index (χ4n) is 1.79. The number of nitrogens with two attached hydrogens (primary N) is 1. The molecule has 1 amide bonds. The number of nitrogens with zero attached hydrogens (tertiary/aromatic N) is 4. The summed E-state index contributed by atoms with van der Waals surface area (Å²) in [5.74, 6) is 0.504. The van der Waals surface area contributed by atoms with Crippen LogP contribution in [-0.2, 0) is 11.3 Å². The van der Waals surface area contributed by atoms with Crippen LogP contribution in [0, 0.1) is 0 Å². The van der Waals surface area contributed by atoms with Gasteiger partial charge < -0.3 is 15.5 Å². The molecule has 0 spiro atoms. The third kappa shape index (κ3) is 2.98. The summed E-state index contributed by atoms with van der Waals surface area (Å²) in [7, 11) is 2.06. The molecule has 1 aliphatic rings. The Labute approximate surface area is 108 Å². The molecule has 2 rings (SSSR count). The minimum Gasteiger partial charge on any atom is -0.381 e. The summed E-state index contributed by atoms with van der Waals surface area (Å²) in [6.07, 6.45) is 1.73. The van der Waals surface area contributed by atoms with Gasteiger partial charge in [0.05, 0.1) is 4.47 Å². The first-order valence-electron chi connectivity index (χ1n) is 5.51. The van der Waals surface area contributed by atoms with Crippen LogP contribution < -0.4 is 5.73 Å². The number of carbonyl (C=O) groups excluding carboxylic acids is 1. The average molecular weight is 302 g/mol. The van der Waals surface area contributed by atoms with Gasteiger partial charge in [0.2, 0.25) is 5.91 Å². The van der Waals surface area contributed by atoms with E-state index in [1.54, 1.807) is 10.9 Å². The average Bonchev–Trinajstić information content (AvgIpc) is 2.58. The Kier molecular flexibility index (Phi) is 3.68. The van der Waals surface area contributed by atoms with Crippen LogP contribution >= 0.6 is 15.9 Å². The Morgan fingerprint density at radius 3 is 2.65 bits per heavy atom. The lowest BCUT2D eigenvalue weighted by Gasteiger charge is -2.32. The van der Waals surface area contributed by atoms with Crippen LogP contribution in [0.3, 0.4) is 0 Å². The largest absolute Gasteiger partial charge is 0.381 e. The zero-order chi connectivity index (χ0) is 12.4. The number of hydrogen-bond donors (Lipinski definition) is 1. The van der Waals surface area contributed by atoms with Crippen molar-refractivity contribution in [1.29, 1.82) is 0 Å². The van der Waals surface area contributed by atoms with Crippen molar-refractivity contribution >= 4 is 27.7 Å². The first-order valence-corrected chi connectivity index (χ1v) is 6.30. The van der Waals surface area contributed by atoms with Crippen molar-refractivity contribution in [2.75, 3.05) is 39.0 Å². The summed E-state index contributed by atoms with van der Waals surface area (Å²) in [5.41, 5.74) is 5.60. The van der Waals surface area contributed by atoms with Gasteiger partial charge in [-0.1, -0.05) is 0 Å². The van der Waals surface area contributed by atoms with Gasteiger partial charge in [-0.05, 0) is 23.0 Å². The van der Waals surface area contributed by atoms with Crippen LogP contribution in [0.1, 0.15) is 0 Å². The van der Waals surface area contributed by atoms with Crippen LogP contribution in [0.25, 0.3) is 0 Å². The fourth-order valence-corrected chi connectivity index (χ4v) is 2.10. The molecule has 2 N–H and O–H groups in total. The molecule has 0 unspecified atom stereocenters. The number of aromatic nitrogens is 2. The maximum absolute atomic E-state index is 12.0. The Morgan fingerprint density at radius 1 is 1.47 bits per heavy atom. The number of nitrogen functional groups attached to an aromatic ring is 1. The molecule has 1 fully saturated rings. The topological polar surface area (TPSA) is 67.4 Å². The number of amides is 1. The Hall–Kier alpha value is -1.08. The van der Waals surface area contributed by atoms with Crippen molar-refractivity contribution in [2.45, 2.75) is 6.54 Å². The molecule has 1 saturated heterocycles. The number of piperazine rings is 1. The molecule has 0 bridgehead atoms. The van der Waals surface area contributed by atoms with Crippen molar-refractivity contribution in [3.05, 3.63) is 10.7 Å². The van der Waals surface area contributed by atoms with Crippen molar-refractivity contribution in [3.8, 4) is 0 Å². The molecule has 1 aliphatic heterocycles. The number of anilines is 1. The van der Waals surface area contributed by atoms with Gasteiger partial charge in [0.1, 0.15) is 6.54 Å². The molecule has 0 aliphatic carbocycles. The minimum atomic E-state index is 0.0908. The number of hydrogen-bond acceptors (Lipinski definition) is 4. The van der Waals surface area contributed by atoms with Crippen LogP contribution in [0.15, 0.2) is 10.7 Å². The van der Waals surface area contributed by atoms with E-state index in [1.165, 1.54) is 0 Å². The molecular weight excluding hydrogens is 286 g/mol. The fraction of sp³-hybridized carbons (Fsp3) is 0.600. The second kappa shape index (κ2) is 5.05. The first kappa shape index (κ1) is 12.4. The van der Waals surface area contributed by atoms with Gasteiger partial charge in [-0.2, -0.15) is 5.10 Å². The maximum atomic E-state index is 12.0. The minimum absolute atomic E-state index is 0.0908. The van der Waals surface area contributed by atoms with Crippen molar-refractivity contribution in [1.82, 2.24) is 19.6 Å². The van der Waals surface area contributed by atoms with Gasteiger partial charge in [0.25, 0.3) is 0 Å². The van der Waals surface area contributed by atoms with E-state index in [9.17, 15) is 4.79 Å². The Balaban J connectivity index is 1.93. The highest BCUT2D eigenvalue weighted by Crippen LogP contribution is 2.16. The van der Waals surface area contributed by atoms with E-state index in [-0.39, 0.29) is 12.5 Å². The zero-order valence-electron chi connectivity index (χ0n) is 9.77. The number of halogens is 1.